The van der Waals surface area contributed by atoms with Crippen molar-refractivity contribution in [3.63, 3.8) is 0 Å². The summed E-state index contributed by atoms with van der Waals surface area (Å²) >= 11 is 0. The molecular formula is C61H101N9. The van der Waals surface area contributed by atoms with Crippen LogP contribution in [-0.4, -0.2) is 102 Å². The summed E-state index contributed by atoms with van der Waals surface area (Å²) in [5.41, 5.74) is 14.1. The Kier molecular flexibility index (Phi) is 28.8. The summed E-state index contributed by atoms with van der Waals surface area (Å²) in [7, 11) is 0. The lowest BCUT2D eigenvalue weighted by Crippen LogP contribution is -2.36. The van der Waals surface area contributed by atoms with Crippen LogP contribution >= 0.6 is 0 Å². The Morgan fingerprint density at radius 1 is 0.371 bits per heavy atom. The Hall–Kier alpha value is -4.54. The third-order valence-electron chi connectivity index (χ3n) is 13.8. The lowest BCUT2D eigenvalue weighted by Gasteiger charge is -2.34. The van der Waals surface area contributed by atoms with Gasteiger partial charge in [0, 0.05) is 137 Å². The second-order valence-corrected chi connectivity index (χ2v) is 19.8. The molecule has 5 aliphatic rings. The SMILES string of the molecule is C.C.C.C.C.CC(C)N1CCCc2ccccc21.CC(C)N1CCc2ccccc2C1.CC(C)N1CCc2cccnc2C1.CC(C)N1CCc2ccncc2C1.CC(C)N1CCc2ncncc2C1. The molecule has 0 saturated heterocycles. The lowest BCUT2D eigenvalue weighted by atomic mass is 9.99. The maximum Gasteiger partial charge on any atom is 0.115 e. The molecule has 5 aromatic rings. The van der Waals surface area contributed by atoms with Gasteiger partial charge in [-0.25, -0.2) is 9.97 Å². The van der Waals surface area contributed by atoms with Crippen LogP contribution in [0.5, 0.6) is 0 Å². The molecule has 3 aromatic heterocycles. The molecule has 0 spiro atoms. The van der Waals surface area contributed by atoms with E-state index in [9.17, 15) is 0 Å². The number of benzene rings is 2. The molecule has 8 heterocycles. The fraction of sp³-hybridized carbons (Fsp3) is 0.574. The van der Waals surface area contributed by atoms with Crippen molar-refractivity contribution in [2.24, 2.45) is 0 Å². The molecule has 0 atom stereocenters. The van der Waals surface area contributed by atoms with E-state index in [0.29, 0.717) is 30.2 Å². The molecule has 5 aliphatic heterocycles. The zero-order valence-corrected chi connectivity index (χ0v) is 41.8. The third-order valence-corrected chi connectivity index (χ3v) is 13.8. The molecule has 0 unspecified atom stereocenters. The van der Waals surface area contributed by atoms with E-state index >= 15 is 0 Å². The standard InChI is InChI=1S/2C12H17N.2C11H16N2.C10H15N3.5CH4/c1-10(2)13-9-5-7-11-6-3-4-8-12(11)13;1-10(2)13-8-7-11-5-3-4-6-12(11)9-13;1-9(2)13-6-4-10-3-5-12-7-11(10)8-13;1-9(2)13-7-5-10-4-3-6-12-11(10)8-13;1-8(2)13-4-3-10-9(6-13)5-11-7-12-10;;;;;/h3-4,6,8,10H,5,7,9H2,1-2H3;3-6,10H,7-9H2,1-2H3;3,5,7,9H,4,6,8H2,1-2H3;3-4,6,9H,5,7-8H2,1-2H3;5,7-8H,3-4,6H2,1-2H3;5*1H4. The Balaban J connectivity index is 0.000000430. The summed E-state index contributed by atoms with van der Waals surface area (Å²) in [6.07, 6.45) is 16.5. The normalized spacial score (nSPS) is 16.0. The topological polar surface area (TPSA) is 67.8 Å². The second-order valence-electron chi connectivity index (χ2n) is 19.8. The third kappa shape index (κ3) is 18.3. The maximum absolute atomic E-state index is 4.41. The summed E-state index contributed by atoms with van der Waals surface area (Å²) in [6, 6.07) is 27.1. The number of rotatable bonds is 5. The zero-order chi connectivity index (χ0) is 46.3. The molecule has 0 bridgehead atoms. The van der Waals surface area contributed by atoms with Crippen molar-refractivity contribution >= 4 is 5.69 Å². The predicted molar refractivity (Wildman–Crippen MR) is 305 cm³/mol. The molecule has 0 radical (unpaired) electrons. The first kappa shape index (κ1) is 63.5. The summed E-state index contributed by atoms with van der Waals surface area (Å²) < 4.78 is 0. The number of hydrogen-bond acceptors (Lipinski definition) is 9. The highest BCUT2D eigenvalue weighted by molar-refractivity contribution is 5.56. The molecule has 0 N–H and O–H groups in total. The summed E-state index contributed by atoms with van der Waals surface area (Å²) in [5, 5.41) is 0. The van der Waals surface area contributed by atoms with Gasteiger partial charge in [-0.1, -0.05) is 85.7 Å². The van der Waals surface area contributed by atoms with Crippen molar-refractivity contribution < 1.29 is 0 Å². The fourth-order valence-corrected chi connectivity index (χ4v) is 9.45. The number of para-hydroxylation sites is 1. The minimum atomic E-state index is 0. The van der Waals surface area contributed by atoms with Crippen LogP contribution in [0.25, 0.3) is 0 Å². The van der Waals surface area contributed by atoms with Gasteiger partial charge in [0.25, 0.3) is 0 Å². The van der Waals surface area contributed by atoms with Crippen LogP contribution in [0.15, 0.2) is 97.8 Å². The van der Waals surface area contributed by atoms with Gasteiger partial charge in [0.05, 0.1) is 5.69 Å². The largest absolute Gasteiger partial charge is 0.369 e. The second kappa shape index (κ2) is 31.7. The average molecular weight is 961 g/mol. The van der Waals surface area contributed by atoms with Gasteiger partial charge in [-0.15, -0.1) is 0 Å². The zero-order valence-electron chi connectivity index (χ0n) is 41.8. The smallest absolute Gasteiger partial charge is 0.115 e. The van der Waals surface area contributed by atoms with Crippen molar-refractivity contribution in [1.29, 1.82) is 0 Å². The van der Waals surface area contributed by atoms with Crippen LogP contribution < -0.4 is 4.90 Å². The molecule has 0 saturated carbocycles. The highest BCUT2D eigenvalue weighted by atomic mass is 15.2. The van der Waals surface area contributed by atoms with E-state index in [1.54, 1.807) is 11.9 Å². The van der Waals surface area contributed by atoms with Crippen LogP contribution in [0.1, 0.15) is 163 Å². The van der Waals surface area contributed by atoms with Crippen molar-refractivity contribution in [3.05, 3.63) is 148 Å². The van der Waals surface area contributed by atoms with Gasteiger partial charge in [-0.2, -0.15) is 0 Å². The first-order valence-corrected chi connectivity index (χ1v) is 24.9. The predicted octanol–water partition coefficient (Wildman–Crippen LogP) is 13.4. The average Bonchev–Trinajstić information content (AvgIpc) is 3.33. The minimum Gasteiger partial charge on any atom is -0.369 e. The summed E-state index contributed by atoms with van der Waals surface area (Å²) in [4.78, 5) is 29.3. The molecule has 2 aromatic carbocycles. The number of nitrogens with zero attached hydrogens (tertiary/aromatic N) is 9. The highest BCUT2D eigenvalue weighted by Crippen LogP contribution is 2.28. The molecule has 70 heavy (non-hydrogen) atoms. The van der Waals surface area contributed by atoms with Crippen LogP contribution in [0.3, 0.4) is 0 Å². The number of aromatic nitrogens is 4. The quantitative estimate of drug-likeness (QED) is 0.171. The van der Waals surface area contributed by atoms with Gasteiger partial charge in [0.15, 0.2) is 0 Å². The van der Waals surface area contributed by atoms with E-state index < -0.39 is 0 Å². The van der Waals surface area contributed by atoms with E-state index in [4.69, 9.17) is 0 Å². The van der Waals surface area contributed by atoms with E-state index in [-0.39, 0.29) is 37.1 Å². The van der Waals surface area contributed by atoms with Crippen LogP contribution in [0.4, 0.5) is 5.69 Å². The van der Waals surface area contributed by atoms with E-state index in [2.05, 4.69) is 174 Å². The molecule has 0 aliphatic carbocycles. The van der Waals surface area contributed by atoms with Crippen molar-refractivity contribution in [3.8, 4) is 0 Å². The minimum absolute atomic E-state index is 0. The number of hydrogen-bond donors (Lipinski definition) is 0. The van der Waals surface area contributed by atoms with Gasteiger partial charge in [0.2, 0.25) is 0 Å². The molecule has 10 rings (SSSR count). The van der Waals surface area contributed by atoms with Crippen LogP contribution in [0.2, 0.25) is 0 Å². The van der Waals surface area contributed by atoms with Crippen LogP contribution in [-0.2, 0) is 58.3 Å². The Morgan fingerprint density at radius 2 is 0.857 bits per heavy atom. The Morgan fingerprint density at radius 3 is 1.47 bits per heavy atom. The van der Waals surface area contributed by atoms with E-state index in [0.717, 1.165) is 45.6 Å². The molecular weight excluding hydrogens is 859 g/mol. The van der Waals surface area contributed by atoms with Crippen molar-refractivity contribution in [1.82, 2.24) is 39.5 Å². The molecule has 9 nitrogen and oxygen atoms in total. The number of aryl methyl sites for hydroxylation is 1. The lowest BCUT2D eigenvalue weighted by molar-refractivity contribution is 0.200. The monoisotopic (exact) mass is 960 g/mol. The highest BCUT2D eigenvalue weighted by Gasteiger charge is 2.22. The molecule has 0 amide bonds. The van der Waals surface area contributed by atoms with Gasteiger partial charge in [0.1, 0.15) is 6.33 Å². The molecule has 0 fully saturated rings. The Bertz CT molecular complexity index is 1940. The van der Waals surface area contributed by atoms with E-state index in [1.807, 2.05) is 30.9 Å². The number of fused-ring (bicyclic) bond motifs is 5. The number of pyridine rings is 2. The van der Waals surface area contributed by atoms with Crippen LogP contribution in [0, 0.1) is 0 Å². The maximum atomic E-state index is 4.41. The van der Waals surface area contributed by atoms with Crippen molar-refractivity contribution in [2.75, 3.05) is 37.6 Å². The van der Waals surface area contributed by atoms with Gasteiger partial charge >= 0.3 is 0 Å². The van der Waals surface area contributed by atoms with E-state index in [1.165, 1.54) is 102 Å². The van der Waals surface area contributed by atoms with Gasteiger partial charge in [-0.05, 0) is 153 Å². The summed E-state index contributed by atoms with van der Waals surface area (Å²) in [6.45, 7) is 32.7. The van der Waals surface area contributed by atoms with Gasteiger partial charge < -0.3 is 4.90 Å². The van der Waals surface area contributed by atoms with Crippen molar-refractivity contribution in [2.45, 2.75) is 201 Å². The molecule has 9 heteroatoms. The molecule has 390 valence electrons. The first-order chi connectivity index (χ1) is 31.4. The summed E-state index contributed by atoms with van der Waals surface area (Å²) in [5.74, 6) is 0. The number of anilines is 1. The fourth-order valence-electron chi connectivity index (χ4n) is 9.45. The van der Waals surface area contributed by atoms with Gasteiger partial charge in [-0.3, -0.25) is 29.6 Å². The first-order valence-electron chi connectivity index (χ1n) is 24.9. The Labute approximate surface area is 430 Å².